The first-order valence-corrected chi connectivity index (χ1v) is 8.70. The van der Waals surface area contributed by atoms with E-state index in [2.05, 4.69) is 15.5 Å². The van der Waals surface area contributed by atoms with Crippen LogP contribution in [0, 0.1) is 12.8 Å². The number of hydrogen-bond donors (Lipinski definition) is 2. The van der Waals surface area contributed by atoms with Gasteiger partial charge in [0.25, 0.3) is 5.89 Å². The molecule has 0 spiro atoms. The number of piperidine rings is 1. The summed E-state index contributed by atoms with van der Waals surface area (Å²) in [5.74, 6) is -0.336. The Morgan fingerprint density at radius 1 is 1.42 bits per heavy atom. The fourth-order valence-corrected chi connectivity index (χ4v) is 2.96. The Morgan fingerprint density at radius 3 is 2.92 bits per heavy atom. The third kappa shape index (κ3) is 3.84. The van der Waals surface area contributed by atoms with Gasteiger partial charge in [-0.3, -0.25) is 4.79 Å². The summed E-state index contributed by atoms with van der Waals surface area (Å²) in [7, 11) is 0. The lowest BCUT2D eigenvalue weighted by Crippen LogP contribution is -2.44. The summed E-state index contributed by atoms with van der Waals surface area (Å²) in [6.07, 6.45) is 1.97. The van der Waals surface area contributed by atoms with Gasteiger partial charge in [-0.15, -0.1) is 0 Å². The molecule has 8 nitrogen and oxygen atoms in total. The fourth-order valence-electron chi connectivity index (χ4n) is 2.96. The van der Waals surface area contributed by atoms with Crippen LogP contribution in [0.3, 0.4) is 0 Å². The van der Waals surface area contributed by atoms with E-state index in [1.807, 2.05) is 26.0 Å². The van der Waals surface area contributed by atoms with Gasteiger partial charge in [-0.2, -0.15) is 4.98 Å². The van der Waals surface area contributed by atoms with Gasteiger partial charge in [-0.25, -0.2) is 4.79 Å². The second-order valence-corrected chi connectivity index (χ2v) is 6.45. The first kappa shape index (κ1) is 17.9. The van der Waals surface area contributed by atoms with Crippen LogP contribution in [0.5, 0.6) is 0 Å². The molecular formula is C18H22N4O4. The Labute approximate surface area is 151 Å². The van der Waals surface area contributed by atoms with Crippen molar-refractivity contribution < 1.29 is 19.2 Å². The van der Waals surface area contributed by atoms with E-state index in [4.69, 9.17) is 4.52 Å². The van der Waals surface area contributed by atoms with Gasteiger partial charge in [0.1, 0.15) is 0 Å². The predicted molar refractivity (Wildman–Crippen MR) is 94.8 cm³/mol. The molecule has 2 N–H and O–H groups in total. The predicted octanol–water partition coefficient (Wildman–Crippen LogP) is 2.94. The zero-order valence-electron chi connectivity index (χ0n) is 14.9. The van der Waals surface area contributed by atoms with Crippen LogP contribution in [-0.2, 0) is 11.2 Å². The van der Waals surface area contributed by atoms with Gasteiger partial charge in [-0.05, 0) is 37.5 Å². The smallest absolute Gasteiger partial charge is 0.321 e. The van der Waals surface area contributed by atoms with Crippen LogP contribution in [0.15, 0.2) is 22.7 Å². The van der Waals surface area contributed by atoms with E-state index in [-0.39, 0.29) is 12.6 Å². The number of aryl methyl sites for hydroxylation is 2. The lowest BCUT2D eigenvalue weighted by molar-refractivity contribution is -0.143. The average molecular weight is 358 g/mol. The monoisotopic (exact) mass is 358 g/mol. The van der Waals surface area contributed by atoms with Gasteiger partial charge in [0, 0.05) is 30.8 Å². The fraction of sp³-hybridized carbons (Fsp3) is 0.444. The molecule has 1 aliphatic rings. The highest BCUT2D eigenvalue weighted by Crippen LogP contribution is 2.25. The Morgan fingerprint density at radius 2 is 2.23 bits per heavy atom. The van der Waals surface area contributed by atoms with E-state index in [1.54, 1.807) is 11.0 Å². The SMILES string of the molecule is CCc1noc(-c2ccc(C)c(NC(=O)N3CCCC(C(=O)O)C3)c2)n1. The molecule has 8 heteroatoms. The number of rotatable bonds is 4. The molecule has 2 aromatic rings. The van der Waals surface area contributed by atoms with Crippen LogP contribution in [0.1, 0.15) is 31.2 Å². The lowest BCUT2D eigenvalue weighted by atomic mass is 9.99. The molecule has 2 amide bonds. The maximum absolute atomic E-state index is 12.6. The molecule has 1 saturated heterocycles. The van der Waals surface area contributed by atoms with Crippen LogP contribution < -0.4 is 5.32 Å². The van der Waals surface area contributed by atoms with Gasteiger partial charge in [0.05, 0.1) is 5.92 Å². The van der Waals surface area contributed by atoms with E-state index in [1.165, 1.54) is 0 Å². The molecule has 0 bridgehead atoms. The number of urea groups is 1. The molecule has 1 aromatic heterocycles. The summed E-state index contributed by atoms with van der Waals surface area (Å²) in [6, 6.07) is 5.23. The molecule has 1 atom stereocenters. The zero-order valence-corrected chi connectivity index (χ0v) is 14.9. The van der Waals surface area contributed by atoms with Crippen LogP contribution in [-0.4, -0.2) is 45.2 Å². The van der Waals surface area contributed by atoms with Crippen molar-refractivity contribution in [3.05, 3.63) is 29.6 Å². The van der Waals surface area contributed by atoms with Crippen molar-refractivity contribution in [1.82, 2.24) is 15.0 Å². The Bertz CT molecular complexity index is 817. The topological polar surface area (TPSA) is 109 Å². The summed E-state index contributed by atoms with van der Waals surface area (Å²) >= 11 is 0. The summed E-state index contributed by atoms with van der Waals surface area (Å²) in [5, 5.41) is 15.9. The highest BCUT2D eigenvalue weighted by molar-refractivity contribution is 5.91. The van der Waals surface area contributed by atoms with E-state index >= 15 is 0 Å². The molecule has 0 saturated carbocycles. The molecule has 26 heavy (non-hydrogen) atoms. The largest absolute Gasteiger partial charge is 0.481 e. The highest BCUT2D eigenvalue weighted by atomic mass is 16.5. The third-order valence-electron chi connectivity index (χ3n) is 4.57. The van der Waals surface area contributed by atoms with Gasteiger partial charge in [-0.1, -0.05) is 18.1 Å². The molecule has 3 rings (SSSR count). The van der Waals surface area contributed by atoms with Crippen LogP contribution in [0.2, 0.25) is 0 Å². The normalized spacial score (nSPS) is 17.2. The number of nitrogens with zero attached hydrogens (tertiary/aromatic N) is 3. The number of hydrogen-bond acceptors (Lipinski definition) is 5. The van der Waals surface area contributed by atoms with E-state index < -0.39 is 11.9 Å². The second-order valence-electron chi connectivity index (χ2n) is 6.45. The van der Waals surface area contributed by atoms with Crippen molar-refractivity contribution in [3.63, 3.8) is 0 Å². The number of anilines is 1. The standard InChI is InChI=1S/C18H22N4O4/c1-3-15-20-16(26-21-15)12-7-6-11(2)14(9-12)19-18(25)22-8-4-5-13(10-22)17(23)24/h6-7,9,13H,3-5,8,10H2,1-2H3,(H,19,25)(H,23,24). The molecule has 2 heterocycles. The van der Waals surface area contributed by atoms with Crippen molar-refractivity contribution in [2.24, 2.45) is 5.92 Å². The van der Waals surface area contributed by atoms with Crippen LogP contribution >= 0.6 is 0 Å². The van der Waals surface area contributed by atoms with Gasteiger partial charge in [0.2, 0.25) is 0 Å². The van der Waals surface area contributed by atoms with Gasteiger partial charge >= 0.3 is 12.0 Å². The molecule has 0 aliphatic carbocycles. The molecular weight excluding hydrogens is 336 g/mol. The van der Waals surface area contributed by atoms with Gasteiger partial charge in [0.15, 0.2) is 5.82 Å². The van der Waals surface area contributed by atoms with Gasteiger partial charge < -0.3 is 19.8 Å². The summed E-state index contributed by atoms with van der Waals surface area (Å²) in [4.78, 5) is 29.6. The quantitative estimate of drug-likeness (QED) is 0.870. The molecule has 0 radical (unpaired) electrons. The number of aliphatic carboxylic acids is 1. The number of nitrogens with one attached hydrogen (secondary N) is 1. The average Bonchev–Trinajstić information content (AvgIpc) is 3.12. The van der Waals surface area contributed by atoms with E-state index in [9.17, 15) is 14.7 Å². The summed E-state index contributed by atoms with van der Waals surface area (Å²) < 4.78 is 5.25. The number of carbonyl (C=O) groups is 2. The first-order chi connectivity index (χ1) is 12.5. The van der Waals surface area contributed by atoms with Crippen molar-refractivity contribution in [3.8, 4) is 11.5 Å². The van der Waals surface area contributed by atoms with E-state index in [0.29, 0.717) is 43.2 Å². The molecule has 1 aliphatic heterocycles. The number of carbonyl (C=O) groups excluding carboxylic acids is 1. The second kappa shape index (κ2) is 7.55. The Hall–Kier alpha value is -2.90. The zero-order chi connectivity index (χ0) is 18.7. The first-order valence-electron chi connectivity index (χ1n) is 8.70. The number of benzene rings is 1. The summed E-state index contributed by atoms with van der Waals surface area (Å²) in [6.45, 7) is 4.61. The minimum atomic E-state index is -0.858. The minimum Gasteiger partial charge on any atom is -0.481 e. The third-order valence-corrected chi connectivity index (χ3v) is 4.57. The maximum atomic E-state index is 12.6. The van der Waals surface area contributed by atoms with Crippen LogP contribution in [0.25, 0.3) is 11.5 Å². The number of likely N-dealkylation sites (tertiary alicyclic amines) is 1. The molecule has 1 aromatic carbocycles. The van der Waals surface area contributed by atoms with Crippen LogP contribution in [0.4, 0.5) is 10.5 Å². The maximum Gasteiger partial charge on any atom is 0.321 e. The Balaban J connectivity index is 1.75. The number of aromatic nitrogens is 2. The van der Waals surface area contributed by atoms with E-state index in [0.717, 1.165) is 11.1 Å². The number of carboxylic acids is 1. The highest BCUT2D eigenvalue weighted by Gasteiger charge is 2.28. The lowest BCUT2D eigenvalue weighted by Gasteiger charge is -2.30. The Kier molecular flexibility index (Phi) is 5.20. The molecule has 1 unspecified atom stereocenters. The minimum absolute atomic E-state index is 0.226. The number of amides is 2. The molecule has 138 valence electrons. The molecule has 1 fully saturated rings. The van der Waals surface area contributed by atoms with Crippen molar-refractivity contribution in [1.29, 1.82) is 0 Å². The summed E-state index contributed by atoms with van der Waals surface area (Å²) in [5.41, 5.74) is 2.26. The number of carboxylic acid groups (broad SMARTS) is 1. The van der Waals surface area contributed by atoms with Crippen molar-refractivity contribution >= 4 is 17.7 Å². The van der Waals surface area contributed by atoms with Crippen molar-refractivity contribution in [2.45, 2.75) is 33.1 Å². The van der Waals surface area contributed by atoms with Crippen molar-refractivity contribution in [2.75, 3.05) is 18.4 Å².